The maximum atomic E-state index is 11.8. The Hall–Kier alpha value is -2.20. The van der Waals surface area contributed by atoms with Crippen molar-refractivity contribution in [3.63, 3.8) is 0 Å². The molecule has 0 saturated heterocycles. The van der Waals surface area contributed by atoms with E-state index < -0.39 is 26.7 Å². The smallest absolute Gasteiger partial charge is 0.271 e. The lowest BCUT2D eigenvalue weighted by molar-refractivity contribution is -0.384. The fraction of sp³-hybridized carbons (Fsp3) is 0.364. The number of nitrogens with one attached hydrogen (secondary N) is 1. The van der Waals surface area contributed by atoms with Gasteiger partial charge in [0.15, 0.2) is 0 Å². The van der Waals surface area contributed by atoms with Crippen molar-refractivity contribution in [2.45, 2.75) is 12.5 Å². The van der Waals surface area contributed by atoms with E-state index in [4.69, 9.17) is 5.73 Å². The van der Waals surface area contributed by atoms with Gasteiger partial charge in [0.1, 0.15) is 15.6 Å². The number of nitrogens with zero attached hydrogens (tertiary/aromatic N) is 1. The van der Waals surface area contributed by atoms with Gasteiger partial charge in [-0.2, -0.15) is 0 Å². The number of non-ortho nitro benzene ring substituents is 1. The summed E-state index contributed by atoms with van der Waals surface area (Å²) in [6, 6.07) is 2.01. The summed E-state index contributed by atoms with van der Waals surface area (Å²) in [5.74, 6) is -1.36. The minimum absolute atomic E-state index is 0.0969. The SMILES string of the molecule is CS(=O)(=O)CCC(N)C(=O)Nc1cc([N+](=O)[O-])ccc1O. The van der Waals surface area contributed by atoms with Crippen LogP contribution in [0.2, 0.25) is 0 Å². The van der Waals surface area contributed by atoms with Gasteiger partial charge < -0.3 is 16.2 Å². The summed E-state index contributed by atoms with van der Waals surface area (Å²) >= 11 is 0. The van der Waals surface area contributed by atoms with Gasteiger partial charge in [-0.3, -0.25) is 14.9 Å². The molecular weight excluding hydrogens is 302 g/mol. The van der Waals surface area contributed by atoms with Crippen molar-refractivity contribution in [1.82, 2.24) is 0 Å². The number of rotatable bonds is 6. The molecule has 21 heavy (non-hydrogen) atoms. The highest BCUT2D eigenvalue weighted by atomic mass is 32.2. The van der Waals surface area contributed by atoms with Gasteiger partial charge >= 0.3 is 0 Å². The zero-order chi connectivity index (χ0) is 16.2. The Morgan fingerprint density at radius 3 is 2.67 bits per heavy atom. The number of nitrogens with two attached hydrogens (primary N) is 1. The predicted octanol–water partition coefficient (Wildman–Crippen LogP) is 0.000900. The number of phenolic OH excluding ortho intramolecular Hbond substituents is 1. The minimum atomic E-state index is -3.25. The number of phenols is 1. The molecule has 1 aromatic carbocycles. The van der Waals surface area contributed by atoms with Crippen molar-refractivity contribution in [2.75, 3.05) is 17.3 Å². The molecule has 0 bridgehead atoms. The van der Waals surface area contributed by atoms with Crippen LogP contribution in [0.5, 0.6) is 5.75 Å². The van der Waals surface area contributed by atoms with E-state index in [0.717, 1.165) is 24.5 Å². The third kappa shape index (κ3) is 5.36. The molecule has 116 valence electrons. The number of aromatic hydroxyl groups is 1. The summed E-state index contributed by atoms with van der Waals surface area (Å²) in [6.07, 6.45) is 0.921. The maximum Gasteiger partial charge on any atom is 0.271 e. The molecule has 1 unspecified atom stereocenters. The second-order valence-corrected chi connectivity index (χ2v) is 6.73. The average molecular weight is 317 g/mol. The molecule has 0 fully saturated rings. The van der Waals surface area contributed by atoms with Crippen molar-refractivity contribution in [2.24, 2.45) is 5.73 Å². The van der Waals surface area contributed by atoms with Crippen molar-refractivity contribution in [3.8, 4) is 5.75 Å². The highest BCUT2D eigenvalue weighted by molar-refractivity contribution is 7.90. The van der Waals surface area contributed by atoms with E-state index in [2.05, 4.69) is 5.32 Å². The summed E-state index contributed by atoms with van der Waals surface area (Å²) in [6.45, 7) is 0. The number of nitro benzene ring substituents is 1. The van der Waals surface area contributed by atoms with Gasteiger partial charge in [0.25, 0.3) is 5.69 Å². The van der Waals surface area contributed by atoms with Gasteiger partial charge in [-0.1, -0.05) is 0 Å². The first-order valence-electron chi connectivity index (χ1n) is 5.82. The van der Waals surface area contributed by atoms with E-state index in [1.54, 1.807) is 0 Å². The highest BCUT2D eigenvalue weighted by Crippen LogP contribution is 2.27. The topological polar surface area (TPSA) is 153 Å². The Kier molecular flexibility index (Phi) is 5.22. The quantitative estimate of drug-likeness (QED) is 0.379. The molecular formula is C11H15N3O6S. The maximum absolute atomic E-state index is 11.8. The molecule has 0 aromatic heterocycles. The van der Waals surface area contributed by atoms with Crippen LogP contribution in [-0.4, -0.2) is 42.4 Å². The van der Waals surface area contributed by atoms with E-state index in [-0.39, 0.29) is 29.3 Å². The third-order valence-electron chi connectivity index (χ3n) is 2.59. The molecule has 1 amide bonds. The molecule has 0 radical (unpaired) electrons. The molecule has 0 heterocycles. The largest absolute Gasteiger partial charge is 0.506 e. The van der Waals surface area contributed by atoms with Crippen molar-refractivity contribution < 1.29 is 23.2 Å². The first-order valence-corrected chi connectivity index (χ1v) is 7.88. The van der Waals surface area contributed by atoms with Gasteiger partial charge in [-0.05, 0) is 12.5 Å². The zero-order valence-electron chi connectivity index (χ0n) is 11.1. The van der Waals surface area contributed by atoms with Crippen molar-refractivity contribution in [1.29, 1.82) is 0 Å². The summed E-state index contributed by atoms with van der Waals surface area (Å²) in [5, 5.41) is 22.4. The Morgan fingerprint density at radius 1 is 1.52 bits per heavy atom. The molecule has 0 spiro atoms. The normalized spacial score (nSPS) is 12.7. The van der Waals surface area contributed by atoms with Crippen LogP contribution < -0.4 is 11.1 Å². The Morgan fingerprint density at radius 2 is 2.14 bits per heavy atom. The number of hydrogen-bond donors (Lipinski definition) is 3. The number of amides is 1. The lowest BCUT2D eigenvalue weighted by atomic mass is 10.2. The van der Waals surface area contributed by atoms with Gasteiger partial charge in [-0.15, -0.1) is 0 Å². The molecule has 0 aliphatic carbocycles. The summed E-state index contributed by atoms with van der Waals surface area (Å²) in [4.78, 5) is 21.7. The van der Waals surface area contributed by atoms with Crippen LogP contribution in [0.3, 0.4) is 0 Å². The van der Waals surface area contributed by atoms with E-state index in [1.807, 2.05) is 0 Å². The number of anilines is 1. The second-order valence-electron chi connectivity index (χ2n) is 4.47. The van der Waals surface area contributed by atoms with Crippen LogP contribution in [0.4, 0.5) is 11.4 Å². The van der Waals surface area contributed by atoms with E-state index in [1.165, 1.54) is 0 Å². The Balaban J connectivity index is 2.78. The number of nitro groups is 1. The number of carbonyl (C=O) groups excluding carboxylic acids is 1. The van der Waals surface area contributed by atoms with E-state index in [9.17, 15) is 28.4 Å². The highest BCUT2D eigenvalue weighted by Gasteiger charge is 2.18. The van der Waals surface area contributed by atoms with Crippen molar-refractivity contribution in [3.05, 3.63) is 28.3 Å². The number of carbonyl (C=O) groups is 1. The van der Waals surface area contributed by atoms with Crippen LogP contribution >= 0.6 is 0 Å². The van der Waals surface area contributed by atoms with Gasteiger partial charge in [0.05, 0.1) is 22.4 Å². The van der Waals surface area contributed by atoms with Crippen LogP contribution in [-0.2, 0) is 14.6 Å². The Labute approximate surface area is 120 Å². The standard InChI is InChI=1S/C11H15N3O6S/c1-21(19,20)5-4-8(12)11(16)13-9-6-7(14(17)18)2-3-10(9)15/h2-3,6,8,15H,4-5,12H2,1H3,(H,13,16). The lowest BCUT2D eigenvalue weighted by Crippen LogP contribution is -2.37. The lowest BCUT2D eigenvalue weighted by Gasteiger charge is -2.12. The summed E-state index contributed by atoms with van der Waals surface area (Å²) in [7, 11) is -3.25. The molecule has 9 nitrogen and oxygen atoms in total. The van der Waals surface area contributed by atoms with Gasteiger partial charge in [0.2, 0.25) is 5.91 Å². The number of hydrogen-bond acceptors (Lipinski definition) is 7. The first-order chi connectivity index (χ1) is 9.60. The predicted molar refractivity (Wildman–Crippen MR) is 75.7 cm³/mol. The molecule has 10 heteroatoms. The van der Waals surface area contributed by atoms with Crippen LogP contribution in [0.25, 0.3) is 0 Å². The minimum Gasteiger partial charge on any atom is -0.506 e. The summed E-state index contributed by atoms with van der Waals surface area (Å²) < 4.78 is 22.0. The molecule has 4 N–H and O–H groups in total. The molecule has 0 saturated carbocycles. The van der Waals surface area contributed by atoms with E-state index >= 15 is 0 Å². The molecule has 1 rings (SSSR count). The fourth-order valence-electron chi connectivity index (χ4n) is 1.44. The monoisotopic (exact) mass is 317 g/mol. The Bertz CT molecular complexity index is 658. The third-order valence-corrected chi connectivity index (χ3v) is 3.56. The molecule has 0 aliphatic heterocycles. The zero-order valence-corrected chi connectivity index (χ0v) is 12.0. The van der Waals surface area contributed by atoms with Crippen LogP contribution in [0.1, 0.15) is 6.42 Å². The molecule has 0 aliphatic rings. The van der Waals surface area contributed by atoms with Crippen LogP contribution in [0, 0.1) is 10.1 Å². The first kappa shape index (κ1) is 16.9. The fourth-order valence-corrected chi connectivity index (χ4v) is 2.12. The molecule has 1 aromatic rings. The summed E-state index contributed by atoms with van der Waals surface area (Å²) in [5.41, 5.74) is 5.05. The second kappa shape index (κ2) is 6.50. The van der Waals surface area contributed by atoms with Gasteiger partial charge in [-0.25, -0.2) is 8.42 Å². The number of benzene rings is 1. The van der Waals surface area contributed by atoms with Gasteiger partial charge in [0, 0.05) is 18.4 Å². The number of sulfone groups is 1. The van der Waals surface area contributed by atoms with Crippen molar-refractivity contribution >= 4 is 27.1 Å². The average Bonchev–Trinajstić information content (AvgIpc) is 2.37. The van der Waals surface area contributed by atoms with Crippen LogP contribution in [0.15, 0.2) is 18.2 Å². The molecule has 1 atom stereocenters. The van der Waals surface area contributed by atoms with E-state index in [0.29, 0.717) is 0 Å².